The molecule has 0 bridgehead atoms. The molecule has 0 saturated heterocycles. The fourth-order valence-electron chi connectivity index (χ4n) is 3.20. The standard InChI is InChI=1S/C26H21N3O2/c30-25-14-8-7-13-24(25)26(31)28-27-19-20-15-17-23(18-16-20)29(21-9-3-1-4-10-21)22-11-5-2-6-12-22/h1-19,30H,(H,28,31). The van der Waals surface area contributed by atoms with Crippen LogP contribution in [-0.2, 0) is 0 Å². The first-order valence-corrected chi connectivity index (χ1v) is 9.84. The zero-order chi connectivity index (χ0) is 21.5. The van der Waals surface area contributed by atoms with E-state index >= 15 is 0 Å². The Hall–Kier alpha value is -4.38. The summed E-state index contributed by atoms with van der Waals surface area (Å²) in [5, 5.41) is 13.8. The van der Waals surface area contributed by atoms with Crippen molar-refractivity contribution >= 4 is 29.2 Å². The van der Waals surface area contributed by atoms with Crippen molar-refractivity contribution < 1.29 is 9.90 Å². The van der Waals surface area contributed by atoms with Gasteiger partial charge in [-0.05, 0) is 54.1 Å². The SMILES string of the molecule is O=C(NN=Cc1ccc(N(c2ccccc2)c2ccccc2)cc1)c1ccccc1O. The Labute approximate surface area is 180 Å². The fourth-order valence-corrected chi connectivity index (χ4v) is 3.20. The number of phenolic OH excluding ortho intramolecular Hbond substituents is 1. The summed E-state index contributed by atoms with van der Waals surface area (Å²) in [6, 6.07) is 34.5. The molecule has 2 N–H and O–H groups in total. The van der Waals surface area contributed by atoms with Gasteiger partial charge in [-0.2, -0.15) is 5.10 Å². The Balaban J connectivity index is 1.52. The van der Waals surface area contributed by atoms with Crippen molar-refractivity contribution in [2.45, 2.75) is 0 Å². The lowest BCUT2D eigenvalue weighted by atomic mass is 10.1. The molecule has 0 radical (unpaired) electrons. The van der Waals surface area contributed by atoms with Crippen molar-refractivity contribution in [2.75, 3.05) is 4.90 Å². The summed E-state index contributed by atoms with van der Waals surface area (Å²) < 4.78 is 0. The van der Waals surface area contributed by atoms with Crippen LogP contribution in [0.1, 0.15) is 15.9 Å². The van der Waals surface area contributed by atoms with E-state index in [1.807, 2.05) is 60.7 Å². The first kappa shape index (κ1) is 19.9. The quantitative estimate of drug-likeness (QED) is 0.322. The van der Waals surface area contributed by atoms with E-state index in [0.717, 1.165) is 22.6 Å². The van der Waals surface area contributed by atoms with E-state index in [2.05, 4.69) is 39.7 Å². The molecule has 31 heavy (non-hydrogen) atoms. The van der Waals surface area contributed by atoms with Crippen LogP contribution in [0.2, 0.25) is 0 Å². The molecule has 0 aromatic heterocycles. The van der Waals surface area contributed by atoms with Gasteiger partial charge in [-0.1, -0.05) is 60.7 Å². The fraction of sp³-hybridized carbons (Fsp3) is 0. The summed E-state index contributed by atoms with van der Waals surface area (Å²) in [5.74, 6) is -0.549. The smallest absolute Gasteiger partial charge is 0.275 e. The number of anilines is 3. The predicted molar refractivity (Wildman–Crippen MR) is 124 cm³/mol. The molecule has 0 heterocycles. The molecule has 5 nitrogen and oxygen atoms in total. The van der Waals surface area contributed by atoms with Crippen molar-refractivity contribution in [3.63, 3.8) is 0 Å². The number of amides is 1. The van der Waals surface area contributed by atoms with Gasteiger partial charge in [-0.15, -0.1) is 0 Å². The molecule has 152 valence electrons. The molecule has 4 aromatic carbocycles. The molecule has 0 aliphatic carbocycles. The second kappa shape index (κ2) is 9.41. The van der Waals surface area contributed by atoms with Gasteiger partial charge < -0.3 is 10.0 Å². The van der Waals surface area contributed by atoms with Crippen molar-refractivity contribution in [1.82, 2.24) is 5.43 Å². The molecule has 0 spiro atoms. The van der Waals surface area contributed by atoms with Crippen LogP contribution in [0, 0.1) is 0 Å². The number of nitrogens with one attached hydrogen (secondary N) is 1. The van der Waals surface area contributed by atoms with Crippen LogP contribution in [0.15, 0.2) is 114 Å². The van der Waals surface area contributed by atoms with Crippen LogP contribution in [-0.4, -0.2) is 17.2 Å². The summed E-state index contributed by atoms with van der Waals surface area (Å²) >= 11 is 0. The summed E-state index contributed by atoms with van der Waals surface area (Å²) in [7, 11) is 0. The number of rotatable bonds is 6. The Kier molecular flexibility index (Phi) is 6.05. The Morgan fingerprint density at radius 3 is 1.81 bits per heavy atom. The average molecular weight is 407 g/mol. The van der Waals surface area contributed by atoms with Crippen molar-refractivity contribution in [2.24, 2.45) is 5.10 Å². The average Bonchev–Trinajstić information content (AvgIpc) is 2.82. The maximum absolute atomic E-state index is 12.1. The van der Waals surface area contributed by atoms with Gasteiger partial charge in [0.25, 0.3) is 5.91 Å². The number of hydrazone groups is 1. The third-order valence-electron chi connectivity index (χ3n) is 4.71. The molecule has 0 unspecified atom stereocenters. The summed E-state index contributed by atoms with van der Waals surface area (Å²) in [4.78, 5) is 14.3. The highest BCUT2D eigenvalue weighted by atomic mass is 16.3. The molecule has 0 atom stereocenters. The summed E-state index contributed by atoms with van der Waals surface area (Å²) in [5.41, 5.74) is 6.58. The number of carbonyl (C=O) groups excluding carboxylic acids is 1. The van der Waals surface area contributed by atoms with E-state index in [0.29, 0.717) is 0 Å². The second-order valence-electron chi connectivity index (χ2n) is 6.81. The van der Waals surface area contributed by atoms with Crippen LogP contribution in [0.5, 0.6) is 5.75 Å². The van der Waals surface area contributed by atoms with E-state index in [9.17, 15) is 9.90 Å². The highest BCUT2D eigenvalue weighted by Gasteiger charge is 2.11. The molecule has 0 fully saturated rings. The van der Waals surface area contributed by atoms with Gasteiger partial charge in [-0.25, -0.2) is 5.43 Å². The van der Waals surface area contributed by atoms with Crippen LogP contribution < -0.4 is 10.3 Å². The zero-order valence-corrected chi connectivity index (χ0v) is 16.7. The van der Waals surface area contributed by atoms with Gasteiger partial charge in [0.2, 0.25) is 0 Å². The number of benzene rings is 4. The first-order valence-electron chi connectivity index (χ1n) is 9.84. The van der Waals surface area contributed by atoms with Gasteiger partial charge in [-0.3, -0.25) is 4.79 Å². The largest absolute Gasteiger partial charge is 0.507 e. The molecule has 4 aromatic rings. The van der Waals surface area contributed by atoms with Gasteiger partial charge in [0.15, 0.2) is 0 Å². The van der Waals surface area contributed by atoms with Gasteiger partial charge in [0, 0.05) is 17.1 Å². The van der Waals surface area contributed by atoms with Crippen LogP contribution in [0.3, 0.4) is 0 Å². The Bertz CT molecular complexity index is 1130. The molecule has 0 saturated carbocycles. The number of phenols is 1. The number of carbonyl (C=O) groups is 1. The maximum atomic E-state index is 12.1. The lowest BCUT2D eigenvalue weighted by molar-refractivity contribution is 0.0952. The van der Waals surface area contributed by atoms with E-state index < -0.39 is 5.91 Å². The van der Waals surface area contributed by atoms with Gasteiger partial charge in [0.1, 0.15) is 5.75 Å². The Morgan fingerprint density at radius 1 is 0.710 bits per heavy atom. The third-order valence-corrected chi connectivity index (χ3v) is 4.71. The highest BCUT2D eigenvalue weighted by molar-refractivity contribution is 5.97. The van der Waals surface area contributed by atoms with Crippen molar-refractivity contribution in [3.05, 3.63) is 120 Å². The van der Waals surface area contributed by atoms with E-state index in [1.54, 1.807) is 18.3 Å². The van der Waals surface area contributed by atoms with E-state index in [-0.39, 0.29) is 11.3 Å². The zero-order valence-electron chi connectivity index (χ0n) is 16.7. The topological polar surface area (TPSA) is 64.9 Å². The van der Waals surface area contributed by atoms with Crippen molar-refractivity contribution in [3.8, 4) is 5.75 Å². The number of para-hydroxylation sites is 3. The lowest BCUT2D eigenvalue weighted by Crippen LogP contribution is -2.17. The molecular weight excluding hydrogens is 386 g/mol. The van der Waals surface area contributed by atoms with Crippen LogP contribution >= 0.6 is 0 Å². The minimum absolute atomic E-state index is 0.0820. The van der Waals surface area contributed by atoms with Crippen LogP contribution in [0.25, 0.3) is 0 Å². The second-order valence-corrected chi connectivity index (χ2v) is 6.81. The molecule has 4 rings (SSSR count). The first-order chi connectivity index (χ1) is 15.2. The minimum Gasteiger partial charge on any atom is -0.507 e. The summed E-state index contributed by atoms with van der Waals surface area (Å²) in [6.07, 6.45) is 1.57. The van der Waals surface area contributed by atoms with Gasteiger partial charge >= 0.3 is 0 Å². The Morgan fingerprint density at radius 2 is 1.23 bits per heavy atom. The molecule has 1 amide bonds. The highest BCUT2D eigenvalue weighted by Crippen LogP contribution is 2.33. The molecule has 0 aliphatic heterocycles. The van der Waals surface area contributed by atoms with E-state index in [4.69, 9.17) is 0 Å². The van der Waals surface area contributed by atoms with Gasteiger partial charge in [0.05, 0.1) is 11.8 Å². The summed E-state index contributed by atoms with van der Waals surface area (Å²) in [6.45, 7) is 0. The molecule has 0 aliphatic rings. The van der Waals surface area contributed by atoms with E-state index in [1.165, 1.54) is 12.1 Å². The minimum atomic E-state index is -0.467. The third kappa shape index (κ3) is 4.79. The maximum Gasteiger partial charge on any atom is 0.275 e. The lowest BCUT2D eigenvalue weighted by Gasteiger charge is -2.25. The number of hydrogen-bond donors (Lipinski definition) is 2. The molecule has 5 heteroatoms. The predicted octanol–water partition coefficient (Wildman–Crippen LogP) is 5.63. The number of aromatic hydroxyl groups is 1. The normalized spacial score (nSPS) is 10.7. The number of hydrogen-bond acceptors (Lipinski definition) is 4. The number of nitrogens with zero attached hydrogens (tertiary/aromatic N) is 2. The molecular formula is C26H21N3O2. The monoisotopic (exact) mass is 407 g/mol. The van der Waals surface area contributed by atoms with Crippen LogP contribution in [0.4, 0.5) is 17.1 Å². The van der Waals surface area contributed by atoms with Crippen molar-refractivity contribution in [1.29, 1.82) is 0 Å².